The van der Waals surface area contributed by atoms with Gasteiger partial charge in [-0.3, -0.25) is 0 Å². The molecule has 1 aromatic rings. The zero-order chi connectivity index (χ0) is 14.0. The van der Waals surface area contributed by atoms with Crippen molar-refractivity contribution in [1.82, 2.24) is 10.4 Å². The van der Waals surface area contributed by atoms with Crippen LogP contribution in [0.15, 0.2) is 48.4 Å². The fourth-order valence-electron chi connectivity index (χ4n) is 2.31. The zero-order valence-corrected chi connectivity index (χ0v) is 11.9. The summed E-state index contributed by atoms with van der Waals surface area (Å²) in [6, 6.07) is 8.41. The van der Waals surface area contributed by atoms with E-state index in [1.807, 2.05) is 27.9 Å². The van der Waals surface area contributed by atoms with Gasteiger partial charge in [0, 0.05) is 25.4 Å². The van der Waals surface area contributed by atoms with Crippen LogP contribution in [0, 0.1) is 0 Å². The topological polar surface area (TPSA) is 24.5 Å². The van der Waals surface area contributed by atoms with E-state index in [0.717, 1.165) is 28.3 Å². The van der Waals surface area contributed by atoms with Crippen LogP contribution in [-0.4, -0.2) is 19.2 Å². The number of hydrogen-bond acceptors (Lipinski definition) is 3. The first kappa shape index (κ1) is 13.3. The Morgan fingerprint density at radius 3 is 2.37 bits per heavy atom. The average molecular weight is 256 g/mol. The zero-order valence-electron chi connectivity index (χ0n) is 11.9. The molecule has 2 rings (SSSR count). The average Bonchev–Trinajstić information content (AvgIpc) is 2.66. The van der Waals surface area contributed by atoms with Gasteiger partial charge >= 0.3 is 0 Å². The number of allylic oxidation sites excluding steroid dienone is 3. The van der Waals surface area contributed by atoms with Crippen molar-refractivity contribution in [3.63, 3.8) is 0 Å². The maximum absolute atomic E-state index is 5.55. The van der Waals surface area contributed by atoms with Gasteiger partial charge in [0.2, 0.25) is 0 Å². The lowest BCUT2D eigenvalue weighted by atomic mass is 10.0. The van der Waals surface area contributed by atoms with Crippen LogP contribution < -0.4 is 5.32 Å². The summed E-state index contributed by atoms with van der Waals surface area (Å²) >= 11 is 0. The van der Waals surface area contributed by atoms with Crippen LogP contribution in [0.25, 0.3) is 11.3 Å². The Morgan fingerprint density at radius 1 is 1.32 bits per heavy atom. The van der Waals surface area contributed by atoms with Gasteiger partial charge in [0.1, 0.15) is 5.76 Å². The molecule has 0 unspecified atom stereocenters. The fourth-order valence-corrected chi connectivity index (χ4v) is 2.31. The van der Waals surface area contributed by atoms with Gasteiger partial charge in [-0.05, 0) is 25.0 Å². The minimum Gasteiger partial charge on any atom is -0.388 e. The van der Waals surface area contributed by atoms with Gasteiger partial charge in [-0.1, -0.05) is 36.9 Å². The lowest BCUT2D eigenvalue weighted by Crippen LogP contribution is -2.09. The smallest absolute Gasteiger partial charge is 0.139 e. The van der Waals surface area contributed by atoms with E-state index in [2.05, 4.69) is 42.2 Å². The standard InChI is InChI=1S/C16H20N2O/c1-6-15(17-4)13-7-9-14(10-8-13)16-11(2)18(5)19-12(16)3/h6-10,17H,2H2,1,3-5H3/b15-6-. The fraction of sp³-hybridized carbons (Fsp3) is 0.250. The van der Waals surface area contributed by atoms with E-state index < -0.39 is 0 Å². The van der Waals surface area contributed by atoms with E-state index >= 15 is 0 Å². The molecule has 1 N–H and O–H groups in total. The van der Waals surface area contributed by atoms with Crippen LogP contribution in [0.3, 0.4) is 0 Å². The van der Waals surface area contributed by atoms with Crippen molar-refractivity contribution in [2.45, 2.75) is 13.8 Å². The largest absolute Gasteiger partial charge is 0.388 e. The van der Waals surface area contributed by atoms with Crippen LogP contribution in [0.1, 0.15) is 25.0 Å². The third kappa shape index (κ3) is 2.36. The summed E-state index contributed by atoms with van der Waals surface area (Å²) in [5.41, 5.74) is 5.38. The summed E-state index contributed by atoms with van der Waals surface area (Å²) in [4.78, 5) is 5.55. The lowest BCUT2D eigenvalue weighted by molar-refractivity contribution is -0.0423. The highest BCUT2D eigenvalue weighted by Gasteiger charge is 2.23. The third-order valence-electron chi connectivity index (χ3n) is 3.34. The minimum absolute atomic E-state index is 0.889. The highest BCUT2D eigenvalue weighted by Crippen LogP contribution is 2.34. The van der Waals surface area contributed by atoms with Crippen LogP contribution in [0.5, 0.6) is 0 Å². The molecule has 3 heteroatoms. The Labute approximate surface area is 114 Å². The number of nitrogens with one attached hydrogen (secondary N) is 1. The Bertz CT molecular complexity index is 553. The third-order valence-corrected chi connectivity index (χ3v) is 3.34. The molecule has 1 aliphatic rings. The summed E-state index contributed by atoms with van der Waals surface area (Å²) in [7, 11) is 3.80. The first-order chi connectivity index (χ1) is 9.08. The van der Waals surface area contributed by atoms with Crippen molar-refractivity contribution in [3.05, 3.63) is 59.5 Å². The predicted molar refractivity (Wildman–Crippen MR) is 79.7 cm³/mol. The second-order valence-corrected chi connectivity index (χ2v) is 4.50. The van der Waals surface area contributed by atoms with E-state index in [0.29, 0.717) is 0 Å². The van der Waals surface area contributed by atoms with Crippen LogP contribution >= 0.6 is 0 Å². The van der Waals surface area contributed by atoms with Crippen molar-refractivity contribution in [2.24, 2.45) is 0 Å². The first-order valence-electron chi connectivity index (χ1n) is 6.35. The van der Waals surface area contributed by atoms with E-state index in [1.165, 1.54) is 5.56 Å². The molecule has 0 amide bonds. The Hall–Kier alpha value is -2.16. The molecule has 0 radical (unpaired) electrons. The number of nitrogens with zero attached hydrogens (tertiary/aromatic N) is 1. The van der Waals surface area contributed by atoms with Gasteiger partial charge < -0.3 is 10.2 Å². The van der Waals surface area contributed by atoms with Crippen molar-refractivity contribution in [2.75, 3.05) is 14.1 Å². The van der Waals surface area contributed by atoms with E-state index in [4.69, 9.17) is 4.84 Å². The summed E-state index contributed by atoms with van der Waals surface area (Å²) in [5.74, 6) is 0.889. The second-order valence-electron chi connectivity index (χ2n) is 4.50. The monoisotopic (exact) mass is 256 g/mol. The summed E-state index contributed by atoms with van der Waals surface area (Å²) in [6.45, 7) is 8.04. The number of hydrogen-bond donors (Lipinski definition) is 1. The van der Waals surface area contributed by atoms with Crippen LogP contribution in [0.4, 0.5) is 0 Å². The second kappa shape index (κ2) is 5.22. The number of hydroxylamine groups is 2. The lowest BCUT2D eigenvalue weighted by Gasteiger charge is -2.12. The molecule has 1 heterocycles. The van der Waals surface area contributed by atoms with Crippen molar-refractivity contribution in [3.8, 4) is 0 Å². The Balaban J connectivity index is 2.34. The Kier molecular flexibility index (Phi) is 3.65. The predicted octanol–water partition coefficient (Wildman–Crippen LogP) is 3.39. The molecule has 3 nitrogen and oxygen atoms in total. The van der Waals surface area contributed by atoms with Gasteiger partial charge in [0.05, 0.1) is 5.70 Å². The van der Waals surface area contributed by atoms with E-state index in [-0.39, 0.29) is 0 Å². The summed E-state index contributed by atoms with van der Waals surface area (Å²) < 4.78 is 0. The van der Waals surface area contributed by atoms with Gasteiger partial charge in [-0.15, -0.1) is 0 Å². The number of likely N-dealkylation sites (N-methyl/N-ethyl adjacent to an activating group) is 1. The molecule has 0 atom stereocenters. The van der Waals surface area contributed by atoms with E-state index in [9.17, 15) is 0 Å². The molecule has 19 heavy (non-hydrogen) atoms. The van der Waals surface area contributed by atoms with Crippen molar-refractivity contribution >= 4 is 11.3 Å². The van der Waals surface area contributed by atoms with Crippen molar-refractivity contribution in [1.29, 1.82) is 0 Å². The first-order valence-corrected chi connectivity index (χ1v) is 6.35. The van der Waals surface area contributed by atoms with Gasteiger partial charge in [0.25, 0.3) is 0 Å². The molecule has 0 fully saturated rings. The molecule has 0 aromatic heterocycles. The molecule has 0 spiro atoms. The highest BCUT2D eigenvalue weighted by atomic mass is 16.7. The molecule has 1 aliphatic heterocycles. The van der Waals surface area contributed by atoms with Gasteiger partial charge in [-0.2, -0.15) is 0 Å². The number of benzene rings is 1. The SMILES string of the molecule is C=C1C(c2ccc(/C(=C/C)NC)cc2)=C(C)ON1C. The molecule has 0 aliphatic carbocycles. The highest BCUT2D eigenvalue weighted by molar-refractivity contribution is 5.81. The Morgan fingerprint density at radius 2 is 1.95 bits per heavy atom. The van der Waals surface area contributed by atoms with E-state index in [1.54, 1.807) is 5.06 Å². The normalized spacial score (nSPS) is 15.9. The molecule has 0 saturated heterocycles. The molecular weight excluding hydrogens is 236 g/mol. The summed E-state index contributed by atoms with van der Waals surface area (Å²) in [6.07, 6.45) is 2.06. The number of rotatable bonds is 3. The molecule has 0 saturated carbocycles. The molecule has 0 bridgehead atoms. The van der Waals surface area contributed by atoms with Gasteiger partial charge in [0.15, 0.2) is 0 Å². The maximum atomic E-state index is 5.55. The summed E-state index contributed by atoms with van der Waals surface area (Å²) in [5, 5.41) is 4.88. The maximum Gasteiger partial charge on any atom is 0.139 e. The van der Waals surface area contributed by atoms with Crippen LogP contribution in [-0.2, 0) is 4.84 Å². The molecular formula is C16H20N2O. The van der Waals surface area contributed by atoms with Crippen LogP contribution in [0.2, 0.25) is 0 Å². The molecule has 1 aromatic carbocycles. The minimum atomic E-state index is 0.889. The van der Waals surface area contributed by atoms with Crippen molar-refractivity contribution < 1.29 is 4.84 Å². The quantitative estimate of drug-likeness (QED) is 0.897. The van der Waals surface area contributed by atoms with Gasteiger partial charge in [-0.25, -0.2) is 5.06 Å². The molecule has 100 valence electrons.